The van der Waals surface area contributed by atoms with Gasteiger partial charge in [-0.15, -0.1) is 10.2 Å². The van der Waals surface area contributed by atoms with Crippen molar-refractivity contribution in [2.75, 3.05) is 11.9 Å². The average molecular weight is 346 g/mol. The van der Waals surface area contributed by atoms with E-state index in [1.165, 1.54) is 11.3 Å². The molecule has 2 N–H and O–H groups in total. The smallest absolute Gasteiger partial charge is 0.251 e. The number of nitrogens with one attached hydrogen (secondary N) is 2. The fraction of sp³-hybridized carbons (Fsp3) is 0.412. The summed E-state index contributed by atoms with van der Waals surface area (Å²) in [4.78, 5) is 23.8. The molecule has 2 aromatic rings. The Morgan fingerprint density at radius 1 is 1.17 bits per heavy atom. The van der Waals surface area contributed by atoms with Crippen LogP contribution in [-0.2, 0) is 10.2 Å². The minimum absolute atomic E-state index is 0.0513. The van der Waals surface area contributed by atoms with E-state index < -0.39 is 0 Å². The summed E-state index contributed by atoms with van der Waals surface area (Å²) in [6, 6.07) is 8.90. The number of hydrogen-bond donors (Lipinski definition) is 2. The largest absolute Gasteiger partial charge is 0.352 e. The van der Waals surface area contributed by atoms with E-state index in [1.807, 2.05) is 6.07 Å². The molecule has 0 bridgehead atoms. The van der Waals surface area contributed by atoms with Crippen LogP contribution in [0.4, 0.5) is 5.13 Å². The molecule has 0 aliphatic rings. The standard InChI is InChI=1S/C17H22N4O2S/c1-4-17(2,3)15-20-21-16(24-15)19-13(22)10-11-18-14(23)12-8-6-5-7-9-12/h5-9H,4,10-11H2,1-3H3,(H,18,23)(H,19,21,22). The molecule has 128 valence electrons. The highest BCUT2D eigenvalue weighted by molar-refractivity contribution is 7.15. The number of carbonyl (C=O) groups excluding carboxylic acids is 2. The second-order valence-corrected chi connectivity index (χ2v) is 7.05. The number of aromatic nitrogens is 2. The van der Waals surface area contributed by atoms with Crippen LogP contribution >= 0.6 is 11.3 Å². The molecule has 1 aromatic carbocycles. The second-order valence-electron chi connectivity index (χ2n) is 6.07. The number of anilines is 1. The molecule has 0 fully saturated rings. The molecular weight excluding hydrogens is 324 g/mol. The zero-order valence-corrected chi connectivity index (χ0v) is 14.9. The molecule has 0 spiro atoms. The second kappa shape index (κ2) is 8.01. The van der Waals surface area contributed by atoms with Crippen molar-refractivity contribution < 1.29 is 9.59 Å². The van der Waals surface area contributed by atoms with Gasteiger partial charge in [-0.1, -0.05) is 50.3 Å². The first-order valence-corrected chi connectivity index (χ1v) is 8.71. The van der Waals surface area contributed by atoms with Crippen LogP contribution in [0.1, 0.15) is 49.0 Å². The normalized spacial score (nSPS) is 11.1. The summed E-state index contributed by atoms with van der Waals surface area (Å²) >= 11 is 1.39. The van der Waals surface area contributed by atoms with Gasteiger partial charge in [-0.05, 0) is 18.6 Å². The van der Waals surface area contributed by atoms with Gasteiger partial charge in [0.2, 0.25) is 11.0 Å². The maximum Gasteiger partial charge on any atom is 0.251 e. The summed E-state index contributed by atoms with van der Waals surface area (Å²) in [6.07, 6.45) is 1.13. The van der Waals surface area contributed by atoms with Crippen LogP contribution < -0.4 is 10.6 Å². The van der Waals surface area contributed by atoms with E-state index >= 15 is 0 Å². The third-order valence-corrected chi connectivity index (χ3v) is 5.01. The molecule has 0 atom stereocenters. The lowest BCUT2D eigenvalue weighted by atomic mass is 9.91. The molecule has 0 radical (unpaired) electrons. The number of rotatable bonds is 7. The molecule has 2 rings (SSSR count). The van der Waals surface area contributed by atoms with E-state index in [2.05, 4.69) is 41.6 Å². The van der Waals surface area contributed by atoms with Crippen LogP contribution in [0.5, 0.6) is 0 Å². The molecule has 0 saturated carbocycles. The van der Waals surface area contributed by atoms with E-state index in [0.717, 1.165) is 11.4 Å². The first-order chi connectivity index (χ1) is 11.4. The molecule has 1 heterocycles. The first-order valence-electron chi connectivity index (χ1n) is 7.89. The zero-order valence-electron chi connectivity index (χ0n) is 14.1. The fourth-order valence-electron chi connectivity index (χ4n) is 1.86. The first kappa shape index (κ1) is 18.1. The summed E-state index contributed by atoms with van der Waals surface area (Å²) in [6.45, 7) is 6.55. The van der Waals surface area contributed by atoms with Gasteiger partial charge in [0.1, 0.15) is 5.01 Å². The van der Waals surface area contributed by atoms with Crippen molar-refractivity contribution >= 4 is 28.3 Å². The molecule has 1 aromatic heterocycles. The minimum Gasteiger partial charge on any atom is -0.352 e. The van der Waals surface area contributed by atoms with Gasteiger partial charge in [0, 0.05) is 23.9 Å². The van der Waals surface area contributed by atoms with Gasteiger partial charge in [-0.2, -0.15) is 0 Å². The number of hydrogen-bond acceptors (Lipinski definition) is 5. The van der Waals surface area contributed by atoms with Gasteiger partial charge in [0.15, 0.2) is 0 Å². The van der Waals surface area contributed by atoms with Crippen LogP contribution in [0, 0.1) is 0 Å². The molecule has 0 unspecified atom stereocenters. The van der Waals surface area contributed by atoms with Crippen LogP contribution in [0.15, 0.2) is 30.3 Å². The highest BCUT2D eigenvalue weighted by Crippen LogP contribution is 2.30. The molecule has 0 saturated heterocycles. The third kappa shape index (κ3) is 4.86. The molecule has 6 nitrogen and oxygen atoms in total. The van der Waals surface area contributed by atoms with Crippen LogP contribution in [0.25, 0.3) is 0 Å². The Kier molecular flexibility index (Phi) is 6.03. The van der Waals surface area contributed by atoms with Gasteiger partial charge in [-0.3, -0.25) is 9.59 Å². The molecule has 24 heavy (non-hydrogen) atoms. The summed E-state index contributed by atoms with van der Waals surface area (Å²) in [5.41, 5.74) is 0.526. The molecule has 0 aliphatic carbocycles. The summed E-state index contributed by atoms with van der Waals surface area (Å²) in [7, 11) is 0. The number of benzene rings is 1. The van der Waals surface area contributed by atoms with Crippen molar-refractivity contribution in [3.8, 4) is 0 Å². The highest BCUT2D eigenvalue weighted by atomic mass is 32.1. The predicted octanol–water partition coefficient (Wildman–Crippen LogP) is 2.98. The number of carbonyl (C=O) groups is 2. The lowest BCUT2D eigenvalue weighted by Gasteiger charge is -2.17. The van der Waals surface area contributed by atoms with Crippen LogP contribution in [0.3, 0.4) is 0 Å². The van der Waals surface area contributed by atoms with Crippen molar-refractivity contribution in [2.45, 2.75) is 39.0 Å². The monoisotopic (exact) mass is 346 g/mol. The fourth-order valence-corrected chi connectivity index (χ4v) is 2.79. The van der Waals surface area contributed by atoms with E-state index in [0.29, 0.717) is 10.7 Å². The van der Waals surface area contributed by atoms with Gasteiger partial charge >= 0.3 is 0 Å². The Morgan fingerprint density at radius 3 is 2.54 bits per heavy atom. The predicted molar refractivity (Wildman–Crippen MR) is 95.2 cm³/mol. The lowest BCUT2D eigenvalue weighted by Crippen LogP contribution is -2.27. The van der Waals surface area contributed by atoms with Gasteiger partial charge < -0.3 is 10.6 Å². The summed E-state index contributed by atoms with van der Waals surface area (Å²) in [5, 5.41) is 15.0. The minimum atomic E-state index is -0.194. The Morgan fingerprint density at radius 2 is 1.88 bits per heavy atom. The molecule has 2 amide bonds. The maximum absolute atomic E-state index is 11.9. The Bertz CT molecular complexity index is 698. The Balaban J connectivity index is 1.79. The van der Waals surface area contributed by atoms with Crippen molar-refractivity contribution in [3.63, 3.8) is 0 Å². The summed E-state index contributed by atoms with van der Waals surface area (Å²) < 4.78 is 0. The molecular formula is C17H22N4O2S. The van der Waals surface area contributed by atoms with Gasteiger partial charge in [0.05, 0.1) is 0 Å². The SMILES string of the molecule is CCC(C)(C)c1nnc(NC(=O)CCNC(=O)c2ccccc2)s1. The van der Waals surface area contributed by atoms with E-state index in [1.54, 1.807) is 24.3 Å². The van der Waals surface area contributed by atoms with Crippen molar-refractivity contribution in [2.24, 2.45) is 0 Å². The van der Waals surface area contributed by atoms with E-state index in [9.17, 15) is 9.59 Å². The average Bonchev–Trinajstić information content (AvgIpc) is 3.04. The zero-order chi connectivity index (χ0) is 17.6. The number of amides is 2. The van der Waals surface area contributed by atoms with Crippen LogP contribution in [0.2, 0.25) is 0 Å². The molecule has 0 aliphatic heterocycles. The number of nitrogens with zero attached hydrogens (tertiary/aromatic N) is 2. The van der Waals surface area contributed by atoms with Crippen LogP contribution in [-0.4, -0.2) is 28.6 Å². The highest BCUT2D eigenvalue weighted by Gasteiger charge is 2.23. The lowest BCUT2D eigenvalue weighted by molar-refractivity contribution is -0.116. The van der Waals surface area contributed by atoms with Gasteiger partial charge in [-0.25, -0.2) is 0 Å². The topological polar surface area (TPSA) is 84.0 Å². The van der Waals surface area contributed by atoms with Crippen molar-refractivity contribution in [1.29, 1.82) is 0 Å². The summed E-state index contributed by atoms with van der Waals surface area (Å²) in [5.74, 6) is -0.383. The molecule has 7 heteroatoms. The third-order valence-electron chi connectivity index (χ3n) is 3.81. The maximum atomic E-state index is 11.9. The van der Waals surface area contributed by atoms with Crippen molar-refractivity contribution in [1.82, 2.24) is 15.5 Å². The quantitative estimate of drug-likeness (QED) is 0.807. The van der Waals surface area contributed by atoms with Crippen molar-refractivity contribution in [3.05, 3.63) is 40.9 Å². The van der Waals surface area contributed by atoms with Gasteiger partial charge in [0.25, 0.3) is 5.91 Å². The Labute approximate surface area is 145 Å². The van der Waals surface area contributed by atoms with E-state index in [-0.39, 0.29) is 30.2 Å². The Hall–Kier alpha value is -2.28. The van der Waals surface area contributed by atoms with E-state index in [4.69, 9.17) is 0 Å².